The molecule has 0 saturated carbocycles. The van der Waals surface area contributed by atoms with E-state index in [2.05, 4.69) is 5.16 Å². The van der Waals surface area contributed by atoms with E-state index in [1.807, 2.05) is 0 Å². The molecule has 0 saturated heterocycles. The molecule has 0 unspecified atom stereocenters. The summed E-state index contributed by atoms with van der Waals surface area (Å²) in [6.45, 7) is 0.181. The van der Waals surface area contributed by atoms with Crippen LogP contribution >= 0.6 is 0 Å². The van der Waals surface area contributed by atoms with Crippen LogP contribution in [0.3, 0.4) is 0 Å². The molecule has 3 nitrogen and oxygen atoms in total. The van der Waals surface area contributed by atoms with E-state index in [9.17, 15) is 4.39 Å². The fourth-order valence-electron chi connectivity index (χ4n) is 1.49. The van der Waals surface area contributed by atoms with Crippen molar-refractivity contribution < 1.29 is 14.3 Å². The molecule has 4 heteroatoms. The number of hydrogen-bond donors (Lipinski definition) is 1. The normalized spacial score (nSPS) is 10.7. The molecule has 0 aromatic heterocycles. The first kappa shape index (κ1) is 12.1. The number of benzene rings is 2. The third-order valence-corrected chi connectivity index (χ3v) is 2.44. The van der Waals surface area contributed by atoms with Crippen LogP contribution in [0.5, 0.6) is 5.75 Å². The highest BCUT2D eigenvalue weighted by Gasteiger charge is 2.01. The molecule has 0 radical (unpaired) electrons. The van der Waals surface area contributed by atoms with Crippen molar-refractivity contribution in [1.29, 1.82) is 0 Å². The Morgan fingerprint density at radius 2 is 1.83 bits per heavy atom. The van der Waals surface area contributed by atoms with E-state index in [-0.39, 0.29) is 12.4 Å². The average molecular weight is 245 g/mol. The van der Waals surface area contributed by atoms with Crippen molar-refractivity contribution in [1.82, 2.24) is 0 Å². The van der Waals surface area contributed by atoms with Crippen LogP contribution in [0.2, 0.25) is 0 Å². The molecule has 0 aliphatic heterocycles. The third kappa shape index (κ3) is 3.07. The van der Waals surface area contributed by atoms with Gasteiger partial charge in [-0.05, 0) is 35.9 Å². The molecule has 0 bridgehead atoms. The largest absolute Gasteiger partial charge is 0.489 e. The summed E-state index contributed by atoms with van der Waals surface area (Å²) in [6, 6.07) is 13.5. The van der Waals surface area contributed by atoms with E-state index in [1.54, 1.807) is 42.5 Å². The molecule has 2 rings (SSSR count). The summed E-state index contributed by atoms with van der Waals surface area (Å²) >= 11 is 0. The van der Waals surface area contributed by atoms with Crippen molar-refractivity contribution in [2.24, 2.45) is 5.16 Å². The van der Waals surface area contributed by atoms with E-state index in [4.69, 9.17) is 9.94 Å². The second-order valence-electron chi connectivity index (χ2n) is 3.69. The zero-order valence-electron chi connectivity index (χ0n) is 9.58. The van der Waals surface area contributed by atoms with E-state index >= 15 is 0 Å². The monoisotopic (exact) mass is 245 g/mol. The predicted molar refractivity (Wildman–Crippen MR) is 66.6 cm³/mol. The topological polar surface area (TPSA) is 41.8 Å². The van der Waals surface area contributed by atoms with Gasteiger partial charge in [0.2, 0.25) is 0 Å². The molecule has 0 atom stereocenters. The van der Waals surface area contributed by atoms with Crippen LogP contribution in [0.4, 0.5) is 4.39 Å². The molecule has 2 aromatic rings. The number of hydrogen-bond acceptors (Lipinski definition) is 3. The van der Waals surface area contributed by atoms with Crippen LogP contribution in [0, 0.1) is 5.82 Å². The molecular formula is C14H12FNO2. The van der Waals surface area contributed by atoms with E-state index in [1.165, 1.54) is 12.3 Å². The summed E-state index contributed by atoms with van der Waals surface area (Å²) in [5.41, 5.74) is 1.27. The second kappa shape index (κ2) is 5.82. The van der Waals surface area contributed by atoms with Crippen LogP contribution in [-0.2, 0) is 6.61 Å². The highest BCUT2D eigenvalue weighted by molar-refractivity contribution is 5.79. The first-order valence-electron chi connectivity index (χ1n) is 5.43. The highest BCUT2D eigenvalue weighted by atomic mass is 19.1. The molecule has 0 heterocycles. The van der Waals surface area contributed by atoms with Gasteiger partial charge in [-0.1, -0.05) is 23.4 Å². The van der Waals surface area contributed by atoms with Gasteiger partial charge in [0.05, 0.1) is 6.21 Å². The fourth-order valence-corrected chi connectivity index (χ4v) is 1.49. The Hall–Kier alpha value is -2.36. The summed E-state index contributed by atoms with van der Waals surface area (Å²) in [6.07, 6.45) is 1.32. The maximum atomic E-state index is 13.3. The number of halogens is 1. The fraction of sp³-hybridized carbons (Fsp3) is 0.0714. The van der Waals surface area contributed by atoms with Gasteiger partial charge in [-0.25, -0.2) is 4.39 Å². The Morgan fingerprint density at radius 1 is 1.11 bits per heavy atom. The van der Waals surface area contributed by atoms with Gasteiger partial charge in [0.15, 0.2) is 0 Å². The molecular weight excluding hydrogens is 233 g/mol. The van der Waals surface area contributed by atoms with Gasteiger partial charge >= 0.3 is 0 Å². The van der Waals surface area contributed by atoms with Gasteiger partial charge in [-0.15, -0.1) is 0 Å². The van der Waals surface area contributed by atoms with Crippen LogP contribution < -0.4 is 4.74 Å². The van der Waals surface area contributed by atoms with Crippen LogP contribution in [0.1, 0.15) is 11.1 Å². The molecule has 2 aromatic carbocycles. The van der Waals surface area contributed by atoms with Gasteiger partial charge in [0.1, 0.15) is 18.2 Å². The SMILES string of the molecule is O/N=C\c1ccc(OCc2ccccc2F)cc1. The summed E-state index contributed by atoms with van der Waals surface area (Å²) in [5.74, 6) is 0.356. The summed E-state index contributed by atoms with van der Waals surface area (Å²) in [7, 11) is 0. The van der Waals surface area contributed by atoms with Crippen LogP contribution in [-0.4, -0.2) is 11.4 Å². The number of nitrogens with zero attached hydrogens (tertiary/aromatic N) is 1. The smallest absolute Gasteiger partial charge is 0.129 e. The zero-order chi connectivity index (χ0) is 12.8. The molecule has 1 N–H and O–H groups in total. The Kier molecular flexibility index (Phi) is 3.91. The lowest BCUT2D eigenvalue weighted by atomic mass is 10.2. The van der Waals surface area contributed by atoms with Crippen LogP contribution in [0.15, 0.2) is 53.7 Å². The Balaban J connectivity index is 2.00. The standard InChI is InChI=1S/C14H12FNO2/c15-14-4-2-1-3-12(14)10-18-13-7-5-11(6-8-13)9-16-17/h1-9,17H,10H2/b16-9-. The molecule has 0 amide bonds. The van der Waals surface area contributed by atoms with Gasteiger partial charge in [0, 0.05) is 5.56 Å². The molecule has 0 aliphatic carbocycles. The van der Waals surface area contributed by atoms with Gasteiger partial charge in [-0.3, -0.25) is 0 Å². The molecule has 18 heavy (non-hydrogen) atoms. The molecule has 0 spiro atoms. The average Bonchev–Trinajstić information content (AvgIpc) is 2.40. The van der Waals surface area contributed by atoms with Crippen molar-refractivity contribution in [2.75, 3.05) is 0 Å². The Labute approximate surface area is 104 Å². The zero-order valence-corrected chi connectivity index (χ0v) is 9.58. The van der Waals surface area contributed by atoms with Crippen molar-refractivity contribution in [3.05, 3.63) is 65.5 Å². The minimum atomic E-state index is -0.276. The molecule has 0 fully saturated rings. The van der Waals surface area contributed by atoms with Crippen molar-refractivity contribution in [3.8, 4) is 5.75 Å². The number of oxime groups is 1. The van der Waals surface area contributed by atoms with E-state index < -0.39 is 0 Å². The summed E-state index contributed by atoms with van der Waals surface area (Å²) in [4.78, 5) is 0. The Bertz CT molecular complexity index is 538. The second-order valence-corrected chi connectivity index (χ2v) is 3.69. The quantitative estimate of drug-likeness (QED) is 0.510. The minimum Gasteiger partial charge on any atom is -0.489 e. The lowest BCUT2D eigenvalue weighted by Crippen LogP contribution is -1.98. The highest BCUT2D eigenvalue weighted by Crippen LogP contribution is 2.14. The van der Waals surface area contributed by atoms with Crippen molar-refractivity contribution in [2.45, 2.75) is 6.61 Å². The van der Waals surface area contributed by atoms with E-state index in [0.29, 0.717) is 11.3 Å². The van der Waals surface area contributed by atoms with Gasteiger partial charge in [-0.2, -0.15) is 0 Å². The predicted octanol–water partition coefficient (Wildman–Crippen LogP) is 3.21. The molecule has 0 aliphatic rings. The van der Waals surface area contributed by atoms with Gasteiger partial charge in [0.25, 0.3) is 0 Å². The maximum absolute atomic E-state index is 13.3. The lowest BCUT2D eigenvalue weighted by Gasteiger charge is -2.07. The van der Waals surface area contributed by atoms with Crippen molar-refractivity contribution in [3.63, 3.8) is 0 Å². The van der Waals surface area contributed by atoms with E-state index in [0.717, 1.165) is 5.56 Å². The molecule has 92 valence electrons. The maximum Gasteiger partial charge on any atom is 0.129 e. The minimum absolute atomic E-state index is 0.181. The summed E-state index contributed by atoms with van der Waals surface area (Å²) in [5, 5.41) is 11.3. The summed E-state index contributed by atoms with van der Waals surface area (Å²) < 4.78 is 18.8. The van der Waals surface area contributed by atoms with Gasteiger partial charge < -0.3 is 9.94 Å². The first-order valence-corrected chi connectivity index (χ1v) is 5.43. The Morgan fingerprint density at radius 3 is 2.50 bits per heavy atom. The van der Waals surface area contributed by atoms with Crippen molar-refractivity contribution >= 4 is 6.21 Å². The third-order valence-electron chi connectivity index (χ3n) is 2.44. The van der Waals surface area contributed by atoms with Crippen LogP contribution in [0.25, 0.3) is 0 Å². The first-order chi connectivity index (χ1) is 8.79. The lowest BCUT2D eigenvalue weighted by molar-refractivity contribution is 0.300. The number of rotatable bonds is 4. The number of ether oxygens (including phenoxy) is 1.